The number of hydrogen-bond donors (Lipinski definition) is 3. The number of anilines is 3. The molecule has 0 radical (unpaired) electrons. The third-order valence-corrected chi connectivity index (χ3v) is 8.18. The van der Waals surface area contributed by atoms with Crippen LogP contribution < -0.4 is 20.3 Å². The van der Waals surface area contributed by atoms with Crippen LogP contribution in [0.2, 0.25) is 0 Å². The molecule has 0 bridgehead atoms. The Morgan fingerprint density at radius 2 is 1.93 bits per heavy atom. The molecule has 218 valence electrons. The third-order valence-electron chi connectivity index (χ3n) is 6.94. The van der Waals surface area contributed by atoms with Crippen LogP contribution in [0.1, 0.15) is 12.0 Å². The number of ether oxygens (including phenoxy) is 1. The molecule has 0 saturated carbocycles. The summed E-state index contributed by atoms with van der Waals surface area (Å²) in [5.74, 6) is -0.847. The number of piperidine rings is 1. The Kier molecular flexibility index (Phi) is 7.56. The van der Waals surface area contributed by atoms with Crippen LogP contribution >= 0.6 is 0 Å². The molecule has 0 unspecified atom stereocenters. The molecule has 0 spiro atoms. The molecule has 4 heterocycles. The highest BCUT2D eigenvalue weighted by Crippen LogP contribution is 2.33. The van der Waals surface area contributed by atoms with Crippen molar-refractivity contribution in [3.05, 3.63) is 72.2 Å². The number of aromatic nitrogens is 3. The number of benzene rings is 2. The van der Waals surface area contributed by atoms with Gasteiger partial charge in [0, 0.05) is 31.1 Å². The zero-order chi connectivity index (χ0) is 29.3. The van der Waals surface area contributed by atoms with Gasteiger partial charge in [-0.3, -0.25) is 9.62 Å². The Balaban J connectivity index is 1.31. The van der Waals surface area contributed by atoms with Crippen molar-refractivity contribution >= 4 is 44.5 Å². The number of sulfonamides is 1. The molecule has 42 heavy (non-hydrogen) atoms. The highest BCUT2D eigenvalue weighted by Gasteiger charge is 2.28. The fourth-order valence-electron chi connectivity index (χ4n) is 4.98. The number of halogens is 2. The van der Waals surface area contributed by atoms with E-state index < -0.39 is 28.1 Å². The maximum atomic E-state index is 15.2. The molecule has 14 heteroatoms. The summed E-state index contributed by atoms with van der Waals surface area (Å²) >= 11 is 0. The Morgan fingerprint density at radius 3 is 2.67 bits per heavy atom. The van der Waals surface area contributed by atoms with E-state index in [4.69, 9.17) is 4.74 Å². The summed E-state index contributed by atoms with van der Waals surface area (Å²) in [5.41, 5.74) is 2.12. The highest BCUT2D eigenvalue weighted by molar-refractivity contribution is 7.91. The first-order valence-corrected chi connectivity index (χ1v) is 15.0. The molecule has 2 aliphatic rings. The van der Waals surface area contributed by atoms with E-state index in [0.717, 1.165) is 0 Å². The zero-order valence-electron chi connectivity index (χ0n) is 22.3. The number of nitrogens with one attached hydrogen (secondary N) is 3. The summed E-state index contributed by atoms with van der Waals surface area (Å²) in [6.45, 7) is 1.31. The van der Waals surface area contributed by atoms with Gasteiger partial charge in [-0.05, 0) is 23.8 Å². The summed E-state index contributed by atoms with van der Waals surface area (Å²) in [5, 5.41) is 6.15. The van der Waals surface area contributed by atoms with Crippen LogP contribution in [-0.2, 0) is 20.5 Å². The molecule has 2 aromatic carbocycles. The van der Waals surface area contributed by atoms with E-state index in [9.17, 15) is 17.6 Å². The second kappa shape index (κ2) is 11.4. The van der Waals surface area contributed by atoms with Crippen LogP contribution in [0.5, 0.6) is 0 Å². The molecule has 4 aromatic rings. The average molecular weight is 596 g/mol. The van der Waals surface area contributed by atoms with E-state index in [1.165, 1.54) is 29.3 Å². The topological polar surface area (TPSA) is 138 Å². The van der Waals surface area contributed by atoms with E-state index in [1.54, 1.807) is 36.4 Å². The van der Waals surface area contributed by atoms with Gasteiger partial charge in [-0.25, -0.2) is 36.9 Å². The summed E-state index contributed by atoms with van der Waals surface area (Å²) in [6.07, 6.45) is 0.237. The molecule has 2 aliphatic heterocycles. The smallest absolute Gasteiger partial charge is 0.414 e. The summed E-state index contributed by atoms with van der Waals surface area (Å²) in [7, 11) is -3.87. The van der Waals surface area contributed by atoms with Crippen LogP contribution in [0.25, 0.3) is 22.3 Å². The van der Waals surface area contributed by atoms with Crippen LogP contribution in [0.15, 0.2) is 60.8 Å². The van der Waals surface area contributed by atoms with Crippen molar-refractivity contribution in [2.75, 3.05) is 41.2 Å². The van der Waals surface area contributed by atoms with Gasteiger partial charge in [0.1, 0.15) is 29.6 Å². The number of hydrogen-bond acceptors (Lipinski definition) is 9. The number of fused-ring (bicyclic) bond motifs is 1. The van der Waals surface area contributed by atoms with Crippen LogP contribution in [0.3, 0.4) is 0 Å². The van der Waals surface area contributed by atoms with E-state index in [2.05, 4.69) is 30.3 Å². The maximum absolute atomic E-state index is 15.2. The van der Waals surface area contributed by atoms with Gasteiger partial charge in [0.2, 0.25) is 16.0 Å². The second-order valence-corrected chi connectivity index (χ2v) is 11.8. The Morgan fingerprint density at radius 1 is 1.10 bits per heavy atom. The number of nitrogens with zero attached hydrogens (tertiary/aromatic N) is 4. The SMILES string of the molecule is O=C1OCCN1c1cc(-c2ccc(NS(=O)(=O)Cc3ccccc3)c(F)c2)nc2cnc(N[C@@H]3CNC[C@@H](F)C3)nc12. The Bertz CT molecular complexity index is 1740. The van der Waals surface area contributed by atoms with Crippen LogP contribution in [0, 0.1) is 5.82 Å². The number of rotatable bonds is 8. The van der Waals surface area contributed by atoms with Gasteiger partial charge in [0.15, 0.2) is 0 Å². The summed E-state index contributed by atoms with van der Waals surface area (Å²) < 4.78 is 61.7. The monoisotopic (exact) mass is 595 g/mol. The number of cyclic esters (lactones) is 1. The quantitative estimate of drug-likeness (QED) is 0.277. The molecule has 2 fully saturated rings. The van der Waals surface area contributed by atoms with Crippen molar-refractivity contribution in [3.8, 4) is 11.3 Å². The van der Waals surface area contributed by atoms with E-state index in [-0.39, 0.29) is 36.6 Å². The lowest BCUT2D eigenvalue weighted by Gasteiger charge is -2.26. The number of pyridine rings is 1. The number of alkyl halides is 1. The van der Waals surface area contributed by atoms with Crippen molar-refractivity contribution in [1.29, 1.82) is 0 Å². The predicted octanol–water partition coefficient (Wildman–Crippen LogP) is 3.84. The van der Waals surface area contributed by atoms with Gasteiger partial charge in [-0.2, -0.15) is 0 Å². The molecule has 6 rings (SSSR count). The second-order valence-electron chi connectivity index (χ2n) is 10.1. The van der Waals surface area contributed by atoms with Crippen LogP contribution in [-0.4, -0.2) is 67.9 Å². The maximum Gasteiger partial charge on any atom is 0.414 e. The standard InChI is InChI=1S/C28H27F2N7O4S/c29-19-11-20(14-31-13-19)33-27-32-15-24-26(35-27)25(37-8-9-41-28(37)38)12-23(34-24)18-6-7-22(21(30)10-18)36-42(39,40)16-17-4-2-1-3-5-17/h1-7,10,12,15,19-20,31,36H,8-9,11,13-14,16H2,(H,32,33,35)/t19-,20-/m0/s1. The number of carbonyl (C=O) groups is 1. The van der Waals surface area contributed by atoms with Crippen LogP contribution in [0.4, 0.5) is 30.9 Å². The van der Waals surface area contributed by atoms with Gasteiger partial charge in [0.25, 0.3) is 0 Å². The normalized spacial score (nSPS) is 19.1. The summed E-state index contributed by atoms with van der Waals surface area (Å²) in [4.78, 5) is 27.4. The predicted molar refractivity (Wildman–Crippen MR) is 154 cm³/mol. The highest BCUT2D eigenvalue weighted by atomic mass is 32.2. The minimum Gasteiger partial charge on any atom is -0.447 e. The number of amides is 1. The molecular formula is C28H27F2N7O4S. The molecule has 2 atom stereocenters. The summed E-state index contributed by atoms with van der Waals surface area (Å²) in [6, 6.07) is 14.0. The lowest BCUT2D eigenvalue weighted by molar-refractivity contribution is 0.181. The van der Waals surface area contributed by atoms with Crippen molar-refractivity contribution in [2.24, 2.45) is 0 Å². The number of carbonyl (C=O) groups excluding carboxylic acids is 1. The molecule has 1 amide bonds. The van der Waals surface area contributed by atoms with Crippen molar-refractivity contribution in [1.82, 2.24) is 20.3 Å². The first-order chi connectivity index (χ1) is 20.2. The Hall–Kier alpha value is -4.43. The minimum atomic E-state index is -3.87. The van der Waals surface area contributed by atoms with E-state index in [0.29, 0.717) is 53.1 Å². The largest absolute Gasteiger partial charge is 0.447 e. The van der Waals surface area contributed by atoms with Crippen molar-refractivity contribution < 1.29 is 26.7 Å². The first-order valence-electron chi connectivity index (χ1n) is 13.3. The lowest BCUT2D eigenvalue weighted by Crippen LogP contribution is -2.44. The zero-order valence-corrected chi connectivity index (χ0v) is 23.1. The van der Waals surface area contributed by atoms with E-state index in [1.807, 2.05) is 0 Å². The molecule has 3 N–H and O–H groups in total. The molecule has 2 aromatic heterocycles. The van der Waals surface area contributed by atoms with Gasteiger partial charge in [-0.1, -0.05) is 36.4 Å². The molecule has 0 aliphatic carbocycles. The van der Waals surface area contributed by atoms with Crippen molar-refractivity contribution in [2.45, 2.75) is 24.4 Å². The fourth-order valence-corrected chi connectivity index (χ4v) is 6.18. The molecular weight excluding hydrogens is 568 g/mol. The minimum absolute atomic E-state index is 0.187. The van der Waals surface area contributed by atoms with Gasteiger partial charge in [-0.15, -0.1) is 0 Å². The lowest BCUT2D eigenvalue weighted by atomic mass is 10.1. The van der Waals surface area contributed by atoms with Crippen molar-refractivity contribution in [3.63, 3.8) is 0 Å². The fraction of sp³-hybridized carbons (Fsp3) is 0.286. The Labute approximate surface area is 240 Å². The van der Waals surface area contributed by atoms with Gasteiger partial charge < -0.3 is 15.4 Å². The van der Waals surface area contributed by atoms with Gasteiger partial charge >= 0.3 is 6.09 Å². The average Bonchev–Trinajstić information content (AvgIpc) is 3.39. The van der Waals surface area contributed by atoms with E-state index >= 15 is 4.39 Å². The molecule has 2 saturated heterocycles. The van der Waals surface area contributed by atoms with Gasteiger partial charge in [0.05, 0.1) is 35.6 Å². The third kappa shape index (κ3) is 6.09. The first kappa shape index (κ1) is 27.7. The molecule has 11 nitrogen and oxygen atoms in total.